The van der Waals surface area contributed by atoms with E-state index in [-0.39, 0.29) is 6.04 Å². The van der Waals surface area contributed by atoms with Crippen LogP contribution in [0.1, 0.15) is 40.3 Å². The monoisotopic (exact) mass is 281 g/mol. The van der Waals surface area contributed by atoms with E-state index in [0.29, 0.717) is 6.04 Å². The summed E-state index contributed by atoms with van der Waals surface area (Å²) in [6.07, 6.45) is 1.99. The van der Waals surface area contributed by atoms with Crippen LogP contribution in [-0.2, 0) is 4.74 Å². The molecule has 1 rings (SSSR count). The fourth-order valence-corrected chi connectivity index (χ4v) is 2.47. The Bertz CT molecular complexity index is 463. The van der Waals surface area contributed by atoms with Gasteiger partial charge in [-0.2, -0.15) is 0 Å². The van der Waals surface area contributed by atoms with Gasteiger partial charge < -0.3 is 10.1 Å². The standard InChI is InChI=1S/C14H23N3OS/c1-9(2)15-14-17-13(8-19-14)12(5)16-10(3)7-11(4)18-6/h7-10H,1-6H3,(H,15,17)/b11-7+,16-12?. The maximum absolute atomic E-state index is 5.12. The summed E-state index contributed by atoms with van der Waals surface area (Å²) in [5.74, 6) is 0.879. The molecule has 0 radical (unpaired) electrons. The van der Waals surface area contributed by atoms with E-state index in [1.54, 1.807) is 18.4 Å². The minimum Gasteiger partial charge on any atom is -0.502 e. The number of hydrogen-bond donors (Lipinski definition) is 1. The van der Waals surface area contributed by atoms with Crippen LogP contribution < -0.4 is 5.32 Å². The molecule has 5 heteroatoms. The Hall–Kier alpha value is -1.36. The van der Waals surface area contributed by atoms with E-state index >= 15 is 0 Å². The quantitative estimate of drug-likeness (QED) is 0.638. The average Bonchev–Trinajstić information content (AvgIpc) is 2.76. The van der Waals surface area contributed by atoms with Gasteiger partial charge in [-0.25, -0.2) is 4.98 Å². The van der Waals surface area contributed by atoms with Crippen LogP contribution in [0, 0.1) is 0 Å². The first kappa shape index (κ1) is 15.7. The van der Waals surface area contributed by atoms with Crippen LogP contribution in [0.25, 0.3) is 0 Å². The second-order valence-corrected chi connectivity index (χ2v) is 5.63. The van der Waals surface area contributed by atoms with Crippen LogP contribution in [0.15, 0.2) is 22.2 Å². The maximum Gasteiger partial charge on any atom is 0.183 e. The van der Waals surface area contributed by atoms with Gasteiger partial charge >= 0.3 is 0 Å². The summed E-state index contributed by atoms with van der Waals surface area (Å²) in [4.78, 5) is 9.13. The van der Waals surface area contributed by atoms with E-state index in [4.69, 9.17) is 4.74 Å². The molecule has 1 unspecified atom stereocenters. The predicted octanol–water partition coefficient (Wildman–Crippen LogP) is 3.71. The molecule has 1 aromatic rings. The van der Waals surface area contributed by atoms with Crippen molar-refractivity contribution in [3.8, 4) is 0 Å². The molecular formula is C14H23N3OS. The molecule has 0 aliphatic heterocycles. The lowest BCUT2D eigenvalue weighted by Crippen LogP contribution is -2.09. The number of hydrogen-bond acceptors (Lipinski definition) is 5. The second-order valence-electron chi connectivity index (χ2n) is 4.77. The molecule has 106 valence electrons. The third kappa shape index (κ3) is 5.42. The van der Waals surface area contributed by atoms with Crippen LogP contribution in [0.3, 0.4) is 0 Å². The predicted molar refractivity (Wildman–Crippen MR) is 83.3 cm³/mol. The summed E-state index contributed by atoms with van der Waals surface area (Å²) in [5.41, 5.74) is 1.88. The minimum absolute atomic E-state index is 0.0863. The third-order valence-electron chi connectivity index (χ3n) is 2.48. The number of allylic oxidation sites excluding steroid dienone is 1. The van der Waals surface area contributed by atoms with Gasteiger partial charge in [0.05, 0.1) is 30.3 Å². The molecule has 1 atom stereocenters. The lowest BCUT2D eigenvalue weighted by molar-refractivity contribution is 0.291. The lowest BCUT2D eigenvalue weighted by Gasteiger charge is -2.05. The van der Waals surface area contributed by atoms with Crippen molar-refractivity contribution in [2.45, 2.75) is 46.7 Å². The molecule has 0 saturated heterocycles. The SMILES string of the molecule is CO/C(C)=C/C(C)N=C(C)c1csc(NC(C)C)n1. The number of methoxy groups -OCH3 is 1. The molecule has 1 heterocycles. The molecule has 0 saturated carbocycles. The van der Waals surface area contributed by atoms with Gasteiger partial charge in [0.2, 0.25) is 0 Å². The summed E-state index contributed by atoms with van der Waals surface area (Å²) < 4.78 is 5.12. The molecule has 0 fully saturated rings. The number of aliphatic imine (C=N–C) groups is 1. The van der Waals surface area contributed by atoms with Gasteiger partial charge in [-0.15, -0.1) is 11.3 Å². The Balaban J connectivity index is 2.76. The molecule has 0 aliphatic carbocycles. The van der Waals surface area contributed by atoms with Crippen molar-refractivity contribution in [1.82, 2.24) is 4.98 Å². The fraction of sp³-hybridized carbons (Fsp3) is 0.571. The van der Waals surface area contributed by atoms with Gasteiger partial charge in [0.15, 0.2) is 5.13 Å². The highest BCUT2D eigenvalue weighted by molar-refractivity contribution is 7.13. The van der Waals surface area contributed by atoms with E-state index in [0.717, 1.165) is 22.3 Å². The second kappa shape index (κ2) is 7.28. The highest BCUT2D eigenvalue weighted by Crippen LogP contribution is 2.17. The van der Waals surface area contributed by atoms with Gasteiger partial charge in [0.25, 0.3) is 0 Å². The number of ether oxygens (including phenoxy) is 1. The topological polar surface area (TPSA) is 46.5 Å². The van der Waals surface area contributed by atoms with Gasteiger partial charge in [-0.3, -0.25) is 4.99 Å². The first-order valence-electron chi connectivity index (χ1n) is 6.41. The summed E-state index contributed by atoms with van der Waals surface area (Å²) in [5, 5.41) is 6.27. The Morgan fingerprint density at radius 2 is 2.11 bits per heavy atom. The van der Waals surface area contributed by atoms with Crippen molar-refractivity contribution < 1.29 is 4.74 Å². The van der Waals surface area contributed by atoms with Crippen LogP contribution >= 0.6 is 11.3 Å². The fourth-order valence-electron chi connectivity index (χ4n) is 1.57. The number of thiazole rings is 1. The van der Waals surface area contributed by atoms with Gasteiger partial charge in [0, 0.05) is 11.4 Å². The van der Waals surface area contributed by atoms with E-state index in [2.05, 4.69) is 29.1 Å². The molecule has 0 aliphatic rings. The van der Waals surface area contributed by atoms with Crippen molar-refractivity contribution in [2.24, 2.45) is 4.99 Å². The van der Waals surface area contributed by atoms with E-state index < -0.39 is 0 Å². The number of nitrogens with one attached hydrogen (secondary N) is 1. The maximum atomic E-state index is 5.12. The van der Waals surface area contributed by atoms with Crippen molar-refractivity contribution in [3.05, 3.63) is 22.9 Å². The highest BCUT2D eigenvalue weighted by Gasteiger charge is 2.06. The first-order chi connectivity index (χ1) is 8.92. The van der Waals surface area contributed by atoms with E-state index in [1.165, 1.54) is 0 Å². The number of anilines is 1. The minimum atomic E-state index is 0.0863. The van der Waals surface area contributed by atoms with E-state index in [1.807, 2.05) is 32.2 Å². The molecule has 0 bridgehead atoms. The molecule has 4 nitrogen and oxygen atoms in total. The number of rotatable bonds is 6. The Labute approximate surface area is 119 Å². The Morgan fingerprint density at radius 1 is 1.42 bits per heavy atom. The summed E-state index contributed by atoms with van der Waals surface area (Å²) in [7, 11) is 1.67. The zero-order valence-electron chi connectivity index (χ0n) is 12.5. The Morgan fingerprint density at radius 3 is 2.68 bits per heavy atom. The summed E-state index contributed by atoms with van der Waals surface area (Å²) >= 11 is 1.61. The lowest BCUT2D eigenvalue weighted by atomic mass is 10.2. The molecular weight excluding hydrogens is 258 g/mol. The molecule has 0 amide bonds. The first-order valence-corrected chi connectivity index (χ1v) is 7.29. The third-order valence-corrected chi connectivity index (χ3v) is 3.26. The number of aromatic nitrogens is 1. The van der Waals surface area contributed by atoms with Crippen LogP contribution in [0.4, 0.5) is 5.13 Å². The van der Waals surface area contributed by atoms with Gasteiger partial charge in [-0.1, -0.05) is 0 Å². The normalized spacial score (nSPS) is 14.7. The molecule has 1 N–H and O–H groups in total. The highest BCUT2D eigenvalue weighted by atomic mass is 32.1. The van der Waals surface area contributed by atoms with E-state index in [9.17, 15) is 0 Å². The molecule has 19 heavy (non-hydrogen) atoms. The zero-order chi connectivity index (χ0) is 14.4. The zero-order valence-corrected chi connectivity index (χ0v) is 13.3. The van der Waals surface area contributed by atoms with Gasteiger partial charge in [0.1, 0.15) is 0 Å². The molecule has 0 spiro atoms. The largest absolute Gasteiger partial charge is 0.502 e. The van der Waals surface area contributed by atoms with Crippen molar-refractivity contribution in [2.75, 3.05) is 12.4 Å². The van der Waals surface area contributed by atoms with Crippen molar-refractivity contribution >= 4 is 22.2 Å². The van der Waals surface area contributed by atoms with Crippen molar-refractivity contribution in [1.29, 1.82) is 0 Å². The summed E-state index contributed by atoms with van der Waals surface area (Å²) in [6, 6.07) is 0.477. The smallest absolute Gasteiger partial charge is 0.183 e. The van der Waals surface area contributed by atoms with Crippen LogP contribution in [0.2, 0.25) is 0 Å². The number of nitrogens with zero attached hydrogens (tertiary/aromatic N) is 2. The van der Waals surface area contributed by atoms with Crippen LogP contribution in [0.5, 0.6) is 0 Å². The average molecular weight is 281 g/mol. The van der Waals surface area contributed by atoms with Gasteiger partial charge in [-0.05, 0) is 40.7 Å². The Kier molecular flexibility index (Phi) is 6.02. The van der Waals surface area contributed by atoms with Crippen molar-refractivity contribution in [3.63, 3.8) is 0 Å². The van der Waals surface area contributed by atoms with Crippen LogP contribution in [-0.4, -0.2) is 29.9 Å². The summed E-state index contributed by atoms with van der Waals surface area (Å²) in [6.45, 7) is 10.1. The molecule has 1 aromatic heterocycles. The molecule has 0 aromatic carbocycles.